The maximum absolute atomic E-state index is 12.1. The highest BCUT2D eigenvalue weighted by Gasteiger charge is 2.24. The van der Waals surface area contributed by atoms with Crippen LogP contribution in [0.5, 0.6) is 0 Å². The van der Waals surface area contributed by atoms with Gasteiger partial charge in [0, 0.05) is 18.5 Å². The lowest BCUT2D eigenvalue weighted by Crippen LogP contribution is -2.40. The predicted molar refractivity (Wildman–Crippen MR) is 87.1 cm³/mol. The Morgan fingerprint density at radius 1 is 1.39 bits per heavy atom. The summed E-state index contributed by atoms with van der Waals surface area (Å²) in [6.45, 7) is 2.13. The van der Waals surface area contributed by atoms with Gasteiger partial charge in [0.1, 0.15) is 5.76 Å². The third-order valence-electron chi connectivity index (χ3n) is 4.36. The van der Waals surface area contributed by atoms with Crippen molar-refractivity contribution in [3.63, 3.8) is 0 Å². The number of aliphatic hydroxyl groups excluding tert-OH is 1. The number of nitrogens with one attached hydrogen (secondary N) is 2. The minimum absolute atomic E-state index is 0.0203. The van der Waals surface area contributed by atoms with E-state index in [0.717, 1.165) is 41.7 Å². The fraction of sp³-hybridized carbons (Fsp3) is 0.389. The molecule has 2 atom stereocenters. The molecule has 0 bridgehead atoms. The summed E-state index contributed by atoms with van der Waals surface area (Å²) in [6.07, 6.45) is 3.79. The lowest BCUT2D eigenvalue weighted by molar-refractivity contribution is 0.171. The molecule has 0 spiro atoms. The van der Waals surface area contributed by atoms with Crippen molar-refractivity contribution in [3.8, 4) is 0 Å². The van der Waals surface area contributed by atoms with Crippen LogP contribution in [0, 0.1) is 6.92 Å². The van der Waals surface area contributed by atoms with E-state index in [1.807, 2.05) is 37.3 Å². The fourth-order valence-corrected chi connectivity index (χ4v) is 3.11. The summed E-state index contributed by atoms with van der Waals surface area (Å²) in [5.41, 5.74) is 2.91. The van der Waals surface area contributed by atoms with Crippen molar-refractivity contribution < 1.29 is 14.3 Å². The van der Waals surface area contributed by atoms with E-state index in [1.54, 1.807) is 6.26 Å². The van der Waals surface area contributed by atoms with Crippen LogP contribution in [0.2, 0.25) is 0 Å². The van der Waals surface area contributed by atoms with Gasteiger partial charge in [0.15, 0.2) is 0 Å². The second-order valence-electron chi connectivity index (χ2n) is 5.97. The Hall–Kier alpha value is -2.27. The first kappa shape index (κ1) is 15.6. The molecule has 1 aliphatic carbocycles. The molecule has 122 valence electrons. The molecule has 23 heavy (non-hydrogen) atoms. The van der Waals surface area contributed by atoms with E-state index >= 15 is 0 Å². The third-order valence-corrected chi connectivity index (χ3v) is 4.36. The van der Waals surface area contributed by atoms with E-state index in [0.29, 0.717) is 0 Å². The summed E-state index contributed by atoms with van der Waals surface area (Å²) in [6, 6.07) is 9.26. The van der Waals surface area contributed by atoms with Gasteiger partial charge in [-0.05, 0) is 37.0 Å². The van der Waals surface area contributed by atoms with Gasteiger partial charge in [0.05, 0.1) is 18.4 Å². The minimum atomic E-state index is -0.710. The first-order valence-corrected chi connectivity index (χ1v) is 7.99. The second kappa shape index (κ2) is 6.87. The minimum Gasteiger partial charge on any atom is -0.469 e. The molecule has 0 unspecified atom stereocenters. The highest BCUT2D eigenvalue weighted by Crippen LogP contribution is 2.30. The molecule has 0 radical (unpaired) electrons. The van der Waals surface area contributed by atoms with Gasteiger partial charge >= 0.3 is 6.03 Å². The number of urea groups is 1. The van der Waals surface area contributed by atoms with E-state index in [1.165, 1.54) is 0 Å². The third kappa shape index (κ3) is 3.56. The van der Waals surface area contributed by atoms with E-state index in [2.05, 4.69) is 10.6 Å². The van der Waals surface area contributed by atoms with Crippen molar-refractivity contribution in [2.24, 2.45) is 0 Å². The Labute approximate surface area is 135 Å². The van der Waals surface area contributed by atoms with Crippen LogP contribution in [0.3, 0.4) is 0 Å². The lowest BCUT2D eigenvalue weighted by Gasteiger charge is -2.23. The number of carbonyl (C=O) groups excluding carboxylic acids is 1. The van der Waals surface area contributed by atoms with Gasteiger partial charge in [-0.15, -0.1) is 0 Å². The zero-order valence-corrected chi connectivity index (χ0v) is 13.2. The smallest absolute Gasteiger partial charge is 0.315 e. The van der Waals surface area contributed by atoms with Crippen molar-refractivity contribution in [2.45, 2.75) is 38.3 Å². The van der Waals surface area contributed by atoms with Crippen LogP contribution in [0.1, 0.15) is 47.4 Å². The molecular weight excluding hydrogens is 292 g/mol. The van der Waals surface area contributed by atoms with Gasteiger partial charge in [-0.1, -0.05) is 24.3 Å². The molecular formula is C18H22N2O3. The zero-order chi connectivity index (χ0) is 16.2. The number of amides is 2. The monoisotopic (exact) mass is 314 g/mol. The summed E-state index contributed by atoms with van der Waals surface area (Å²) in [4.78, 5) is 12.1. The van der Waals surface area contributed by atoms with E-state index in [-0.39, 0.29) is 18.6 Å². The highest BCUT2D eigenvalue weighted by atomic mass is 16.3. The summed E-state index contributed by atoms with van der Waals surface area (Å²) >= 11 is 0. The molecule has 2 amide bonds. The number of hydrogen-bond acceptors (Lipinski definition) is 3. The average molecular weight is 314 g/mol. The van der Waals surface area contributed by atoms with Gasteiger partial charge in [0.2, 0.25) is 0 Å². The van der Waals surface area contributed by atoms with Crippen molar-refractivity contribution >= 4 is 6.03 Å². The number of rotatable bonds is 4. The number of furan rings is 1. The molecule has 1 aromatic heterocycles. The van der Waals surface area contributed by atoms with Gasteiger partial charge in [-0.2, -0.15) is 0 Å². The molecule has 0 aliphatic heterocycles. The average Bonchev–Trinajstić information content (AvgIpc) is 3.03. The zero-order valence-electron chi connectivity index (χ0n) is 13.2. The van der Waals surface area contributed by atoms with E-state index < -0.39 is 6.10 Å². The Morgan fingerprint density at radius 2 is 2.22 bits per heavy atom. The summed E-state index contributed by atoms with van der Waals surface area (Å²) < 4.78 is 5.43. The van der Waals surface area contributed by atoms with Crippen LogP contribution >= 0.6 is 0 Å². The van der Waals surface area contributed by atoms with Crippen molar-refractivity contribution in [2.75, 3.05) is 6.54 Å². The van der Waals surface area contributed by atoms with Gasteiger partial charge in [-0.3, -0.25) is 0 Å². The lowest BCUT2D eigenvalue weighted by atomic mass is 9.93. The number of aryl methyl sites for hydroxylation is 2. The maximum atomic E-state index is 12.1. The van der Waals surface area contributed by atoms with Crippen LogP contribution in [0.15, 0.2) is 41.0 Å². The number of carbonyl (C=O) groups is 1. The molecule has 1 aliphatic rings. The number of hydrogen-bond donors (Lipinski definition) is 3. The molecule has 5 heteroatoms. The molecule has 0 fully saturated rings. The van der Waals surface area contributed by atoms with Gasteiger partial charge in [0.25, 0.3) is 0 Å². The second-order valence-corrected chi connectivity index (χ2v) is 5.97. The van der Waals surface area contributed by atoms with Crippen LogP contribution in [-0.2, 0) is 6.42 Å². The molecule has 5 nitrogen and oxygen atoms in total. The van der Waals surface area contributed by atoms with Crippen LogP contribution in [-0.4, -0.2) is 17.7 Å². The Morgan fingerprint density at radius 3 is 3.04 bits per heavy atom. The molecule has 3 N–H and O–H groups in total. The topological polar surface area (TPSA) is 74.5 Å². The largest absolute Gasteiger partial charge is 0.469 e. The van der Waals surface area contributed by atoms with Crippen molar-refractivity contribution in [1.82, 2.24) is 10.6 Å². The molecule has 0 saturated carbocycles. The Kier molecular flexibility index (Phi) is 4.67. The molecule has 2 aromatic rings. The molecule has 1 heterocycles. The normalized spacial score (nSPS) is 18.1. The number of aliphatic hydroxyl groups is 1. The van der Waals surface area contributed by atoms with Crippen LogP contribution in [0.25, 0.3) is 0 Å². The molecule has 1 aromatic carbocycles. The fourth-order valence-electron chi connectivity index (χ4n) is 3.11. The van der Waals surface area contributed by atoms with Gasteiger partial charge in [-0.25, -0.2) is 4.79 Å². The number of benzene rings is 1. The standard InChI is InChI=1S/C18H22N2O3/c1-12-5-2-3-6-13(12)16(21)11-19-18(22)20-15-7-4-8-17-14(15)9-10-23-17/h2-3,5-6,9-10,15-16,21H,4,7-8,11H2,1H3,(H2,19,20,22)/t15-,16+/m1/s1. The SMILES string of the molecule is Cc1ccccc1[C@@H](O)CNC(=O)N[C@@H]1CCCc2occc21. The first-order chi connectivity index (χ1) is 11.1. The Balaban J connectivity index is 1.54. The maximum Gasteiger partial charge on any atom is 0.315 e. The highest BCUT2D eigenvalue weighted by molar-refractivity contribution is 5.74. The van der Waals surface area contributed by atoms with E-state index in [4.69, 9.17) is 4.42 Å². The Bertz CT molecular complexity index is 680. The summed E-state index contributed by atoms with van der Waals surface area (Å²) in [5.74, 6) is 0.960. The van der Waals surface area contributed by atoms with Crippen LogP contribution < -0.4 is 10.6 Å². The molecule has 3 rings (SSSR count). The van der Waals surface area contributed by atoms with E-state index in [9.17, 15) is 9.90 Å². The van der Waals surface area contributed by atoms with Crippen LogP contribution in [0.4, 0.5) is 4.79 Å². The van der Waals surface area contributed by atoms with Crippen molar-refractivity contribution in [1.29, 1.82) is 0 Å². The quantitative estimate of drug-likeness (QED) is 0.812. The summed E-state index contributed by atoms with van der Waals surface area (Å²) in [7, 11) is 0. The first-order valence-electron chi connectivity index (χ1n) is 7.99. The summed E-state index contributed by atoms with van der Waals surface area (Å²) in [5, 5.41) is 15.9. The van der Waals surface area contributed by atoms with Crippen molar-refractivity contribution in [3.05, 3.63) is 59.0 Å². The predicted octanol–water partition coefficient (Wildman–Crippen LogP) is 3.00. The van der Waals surface area contributed by atoms with Gasteiger partial charge < -0.3 is 20.2 Å². The number of fused-ring (bicyclic) bond motifs is 1. The molecule has 0 saturated heterocycles.